The number of carboxylic acid groups (broad SMARTS) is 1. The first-order valence-electron chi connectivity index (χ1n) is 6.22. The molecule has 0 aliphatic heterocycles. The highest BCUT2D eigenvalue weighted by Gasteiger charge is 2.28. The van der Waals surface area contributed by atoms with E-state index < -0.39 is 22.0 Å². The van der Waals surface area contributed by atoms with E-state index in [2.05, 4.69) is 15.0 Å². The monoisotopic (exact) mass is 301 g/mol. The standard InChI is InChI=1S/C12H19N3O4S/c1-4-14-9-5-10(7-13-6-9)20(18,19)15-11(8(2)3)12(16)17/h5-8,11,14-15H,4H2,1-3H3,(H,16,17). The van der Waals surface area contributed by atoms with Crippen molar-refractivity contribution in [3.63, 3.8) is 0 Å². The fourth-order valence-electron chi connectivity index (χ4n) is 1.57. The van der Waals surface area contributed by atoms with E-state index in [0.29, 0.717) is 12.2 Å². The molecule has 1 aromatic rings. The van der Waals surface area contributed by atoms with E-state index in [1.165, 1.54) is 18.5 Å². The highest BCUT2D eigenvalue weighted by atomic mass is 32.2. The third-order valence-corrected chi connectivity index (χ3v) is 4.03. The van der Waals surface area contributed by atoms with Crippen molar-refractivity contribution >= 4 is 21.7 Å². The lowest BCUT2D eigenvalue weighted by Gasteiger charge is -2.18. The topological polar surface area (TPSA) is 108 Å². The largest absolute Gasteiger partial charge is 0.480 e. The molecular weight excluding hydrogens is 282 g/mol. The Morgan fingerprint density at radius 2 is 2.05 bits per heavy atom. The number of aromatic nitrogens is 1. The minimum Gasteiger partial charge on any atom is -0.480 e. The number of anilines is 1. The van der Waals surface area contributed by atoms with Crippen molar-refractivity contribution in [1.82, 2.24) is 9.71 Å². The summed E-state index contributed by atoms with van der Waals surface area (Å²) in [6.45, 7) is 5.77. The molecule has 1 unspecified atom stereocenters. The SMILES string of the molecule is CCNc1cncc(S(=O)(=O)NC(C(=O)O)C(C)C)c1. The molecule has 1 atom stereocenters. The molecule has 3 N–H and O–H groups in total. The van der Waals surface area contributed by atoms with Gasteiger partial charge in [0.05, 0.1) is 11.9 Å². The summed E-state index contributed by atoms with van der Waals surface area (Å²) in [6, 6.07) is 0.237. The van der Waals surface area contributed by atoms with E-state index in [-0.39, 0.29) is 10.8 Å². The molecule has 20 heavy (non-hydrogen) atoms. The molecule has 0 saturated heterocycles. The van der Waals surface area contributed by atoms with Gasteiger partial charge in [-0.2, -0.15) is 4.72 Å². The molecule has 0 bridgehead atoms. The van der Waals surface area contributed by atoms with Crippen LogP contribution < -0.4 is 10.0 Å². The van der Waals surface area contributed by atoms with Crippen molar-refractivity contribution in [3.8, 4) is 0 Å². The fourth-order valence-corrected chi connectivity index (χ4v) is 2.90. The second kappa shape index (κ2) is 6.67. The van der Waals surface area contributed by atoms with Gasteiger partial charge in [0.15, 0.2) is 0 Å². The molecule has 0 spiro atoms. The van der Waals surface area contributed by atoms with Crippen LogP contribution in [0.25, 0.3) is 0 Å². The summed E-state index contributed by atoms with van der Waals surface area (Å²) >= 11 is 0. The number of carbonyl (C=O) groups is 1. The first kappa shape index (κ1) is 16.4. The number of nitrogens with one attached hydrogen (secondary N) is 2. The van der Waals surface area contributed by atoms with Crippen molar-refractivity contribution in [2.24, 2.45) is 5.92 Å². The molecule has 1 heterocycles. The summed E-state index contributed by atoms with van der Waals surface area (Å²) in [5, 5.41) is 12.0. The maximum Gasteiger partial charge on any atom is 0.322 e. The second-order valence-electron chi connectivity index (χ2n) is 4.62. The van der Waals surface area contributed by atoms with Crippen LogP contribution in [0.5, 0.6) is 0 Å². The van der Waals surface area contributed by atoms with Crippen LogP contribution in [0.4, 0.5) is 5.69 Å². The zero-order valence-corrected chi connectivity index (χ0v) is 12.4. The molecule has 0 saturated carbocycles. The number of hydrogen-bond donors (Lipinski definition) is 3. The Hall–Kier alpha value is -1.67. The summed E-state index contributed by atoms with van der Waals surface area (Å²) in [6.07, 6.45) is 2.68. The molecule has 112 valence electrons. The summed E-state index contributed by atoms with van der Waals surface area (Å²) in [5.74, 6) is -1.58. The lowest BCUT2D eigenvalue weighted by Crippen LogP contribution is -2.44. The summed E-state index contributed by atoms with van der Waals surface area (Å²) in [7, 11) is -3.92. The maximum atomic E-state index is 12.2. The molecule has 0 aromatic carbocycles. The van der Waals surface area contributed by atoms with Crippen molar-refractivity contribution in [1.29, 1.82) is 0 Å². The number of sulfonamides is 1. The predicted molar refractivity (Wildman–Crippen MR) is 75.0 cm³/mol. The van der Waals surface area contributed by atoms with Crippen LogP contribution in [0.15, 0.2) is 23.4 Å². The number of hydrogen-bond acceptors (Lipinski definition) is 5. The number of carboxylic acids is 1. The Morgan fingerprint density at radius 3 is 2.55 bits per heavy atom. The van der Waals surface area contributed by atoms with Crippen molar-refractivity contribution in [2.75, 3.05) is 11.9 Å². The minimum absolute atomic E-state index is 0.0668. The Morgan fingerprint density at radius 1 is 1.40 bits per heavy atom. The summed E-state index contributed by atoms with van der Waals surface area (Å²) < 4.78 is 26.5. The molecule has 0 aliphatic rings. The first-order valence-corrected chi connectivity index (χ1v) is 7.70. The zero-order chi connectivity index (χ0) is 15.3. The van der Waals surface area contributed by atoms with Gasteiger partial charge in [-0.15, -0.1) is 0 Å². The number of rotatable bonds is 7. The molecule has 1 aromatic heterocycles. The van der Waals surface area contributed by atoms with Gasteiger partial charge in [0, 0.05) is 12.7 Å². The van der Waals surface area contributed by atoms with E-state index in [1.54, 1.807) is 13.8 Å². The number of nitrogens with zero attached hydrogens (tertiary/aromatic N) is 1. The van der Waals surface area contributed by atoms with Gasteiger partial charge in [0.25, 0.3) is 0 Å². The van der Waals surface area contributed by atoms with Gasteiger partial charge in [0.1, 0.15) is 10.9 Å². The molecular formula is C12H19N3O4S. The van der Waals surface area contributed by atoms with Crippen LogP contribution in [0.2, 0.25) is 0 Å². The number of pyridine rings is 1. The third kappa shape index (κ3) is 4.17. The van der Waals surface area contributed by atoms with Crippen molar-refractivity contribution in [2.45, 2.75) is 31.7 Å². The highest BCUT2D eigenvalue weighted by Crippen LogP contribution is 2.15. The highest BCUT2D eigenvalue weighted by molar-refractivity contribution is 7.89. The average Bonchev–Trinajstić information content (AvgIpc) is 2.36. The van der Waals surface area contributed by atoms with Gasteiger partial charge in [0.2, 0.25) is 10.0 Å². The molecule has 8 heteroatoms. The van der Waals surface area contributed by atoms with E-state index in [0.717, 1.165) is 0 Å². The fraction of sp³-hybridized carbons (Fsp3) is 0.500. The predicted octanol–water partition coefficient (Wildman–Crippen LogP) is 0.901. The maximum absolute atomic E-state index is 12.2. The summed E-state index contributed by atoms with van der Waals surface area (Å²) in [5.41, 5.74) is 0.562. The van der Waals surface area contributed by atoms with E-state index in [9.17, 15) is 13.2 Å². The third-order valence-electron chi connectivity index (χ3n) is 2.62. The molecule has 7 nitrogen and oxygen atoms in total. The molecule has 0 amide bonds. The lowest BCUT2D eigenvalue weighted by atomic mass is 10.1. The van der Waals surface area contributed by atoms with Gasteiger partial charge in [-0.1, -0.05) is 13.8 Å². The van der Waals surface area contributed by atoms with Crippen LogP contribution in [-0.2, 0) is 14.8 Å². The van der Waals surface area contributed by atoms with Crippen LogP contribution in [0, 0.1) is 5.92 Å². The van der Waals surface area contributed by atoms with Crippen LogP contribution in [0.3, 0.4) is 0 Å². The van der Waals surface area contributed by atoms with Gasteiger partial charge in [-0.3, -0.25) is 9.78 Å². The summed E-state index contributed by atoms with van der Waals surface area (Å²) in [4.78, 5) is 14.8. The van der Waals surface area contributed by atoms with Crippen LogP contribution in [0.1, 0.15) is 20.8 Å². The Kier molecular flexibility index (Phi) is 5.46. The van der Waals surface area contributed by atoms with E-state index in [4.69, 9.17) is 5.11 Å². The van der Waals surface area contributed by atoms with Gasteiger partial charge >= 0.3 is 5.97 Å². The van der Waals surface area contributed by atoms with Crippen LogP contribution in [-0.4, -0.2) is 37.1 Å². The Labute approximate surface area is 118 Å². The molecule has 0 aliphatic carbocycles. The van der Waals surface area contributed by atoms with Crippen LogP contribution >= 0.6 is 0 Å². The first-order chi connectivity index (χ1) is 9.27. The van der Waals surface area contributed by atoms with Gasteiger partial charge in [-0.05, 0) is 18.9 Å². The molecule has 1 rings (SSSR count). The smallest absolute Gasteiger partial charge is 0.322 e. The van der Waals surface area contributed by atoms with Gasteiger partial charge < -0.3 is 10.4 Å². The van der Waals surface area contributed by atoms with Crippen molar-refractivity contribution < 1.29 is 18.3 Å². The minimum atomic E-state index is -3.92. The lowest BCUT2D eigenvalue weighted by molar-refractivity contribution is -0.140. The quantitative estimate of drug-likeness (QED) is 0.690. The zero-order valence-electron chi connectivity index (χ0n) is 11.6. The van der Waals surface area contributed by atoms with Gasteiger partial charge in [-0.25, -0.2) is 8.42 Å². The van der Waals surface area contributed by atoms with E-state index in [1.807, 2.05) is 6.92 Å². The average molecular weight is 301 g/mol. The molecule has 0 radical (unpaired) electrons. The Bertz CT molecular complexity index is 572. The van der Waals surface area contributed by atoms with Crippen molar-refractivity contribution in [3.05, 3.63) is 18.5 Å². The number of aliphatic carboxylic acids is 1. The second-order valence-corrected chi connectivity index (χ2v) is 6.33. The Balaban J connectivity index is 3.04. The normalized spacial score (nSPS) is 13.2. The van der Waals surface area contributed by atoms with E-state index >= 15 is 0 Å². The molecule has 0 fully saturated rings.